The molecule has 3 rings (SSSR count). The van der Waals surface area contributed by atoms with Crippen LogP contribution in [0.3, 0.4) is 0 Å². The number of amides is 1. The maximum atomic E-state index is 13.0. The molecule has 0 spiro atoms. The number of aliphatic carboxylic acids is 1. The molecule has 1 N–H and O–H groups in total. The first-order valence-electron chi connectivity index (χ1n) is 8.49. The molecule has 2 aromatic rings. The Morgan fingerprint density at radius 3 is 2.59 bits per heavy atom. The topological polar surface area (TPSA) is 110 Å². The molecule has 0 radical (unpaired) electrons. The molecule has 0 aliphatic carbocycles. The predicted octanol–water partition coefficient (Wildman–Crippen LogP) is 3.32. The summed E-state index contributed by atoms with van der Waals surface area (Å²) >= 11 is 0. The van der Waals surface area contributed by atoms with E-state index in [1.807, 2.05) is 6.07 Å². The molecule has 1 aliphatic heterocycles. The lowest BCUT2D eigenvalue weighted by molar-refractivity contribution is -0.384. The number of nitro groups is 1. The molecule has 0 saturated carbocycles. The molecule has 0 bridgehead atoms. The van der Waals surface area contributed by atoms with Crippen molar-refractivity contribution in [1.29, 1.82) is 0 Å². The lowest BCUT2D eigenvalue weighted by Crippen LogP contribution is -2.42. The average Bonchev–Trinajstić information content (AvgIpc) is 2.68. The maximum absolute atomic E-state index is 13.0. The number of non-ortho nitro benzene ring substituents is 1. The Morgan fingerprint density at radius 1 is 1.19 bits per heavy atom. The largest absolute Gasteiger partial charge is 0.481 e. The highest BCUT2D eigenvalue weighted by Gasteiger charge is 2.30. The van der Waals surface area contributed by atoms with Crippen molar-refractivity contribution in [3.05, 3.63) is 64.2 Å². The van der Waals surface area contributed by atoms with E-state index < -0.39 is 22.7 Å². The number of carboxylic acid groups (broad SMARTS) is 1. The zero-order valence-corrected chi connectivity index (χ0v) is 14.4. The molecule has 1 amide bonds. The van der Waals surface area contributed by atoms with Gasteiger partial charge in [-0.25, -0.2) is 0 Å². The SMILES string of the molecule is O=C(O)[C@H]1CCCN(C(=O)c2cc([N+](=O)[O-])ccc2Oc2ccccc2)C1. The van der Waals surface area contributed by atoms with E-state index in [1.165, 1.54) is 23.1 Å². The zero-order valence-electron chi connectivity index (χ0n) is 14.4. The fourth-order valence-corrected chi connectivity index (χ4v) is 3.04. The predicted molar refractivity (Wildman–Crippen MR) is 95.9 cm³/mol. The first kappa shape index (κ1) is 18.4. The Hall–Kier alpha value is -3.42. The molecule has 1 aliphatic rings. The van der Waals surface area contributed by atoms with Crippen LogP contribution in [0.4, 0.5) is 5.69 Å². The van der Waals surface area contributed by atoms with Gasteiger partial charge in [0.2, 0.25) is 0 Å². The van der Waals surface area contributed by atoms with Crippen LogP contribution in [0.5, 0.6) is 11.5 Å². The lowest BCUT2D eigenvalue weighted by Gasteiger charge is -2.31. The normalized spacial score (nSPS) is 16.6. The van der Waals surface area contributed by atoms with Gasteiger partial charge in [-0.1, -0.05) is 18.2 Å². The fourth-order valence-electron chi connectivity index (χ4n) is 3.04. The van der Waals surface area contributed by atoms with E-state index in [-0.39, 0.29) is 23.5 Å². The van der Waals surface area contributed by atoms with Crippen molar-refractivity contribution in [3.63, 3.8) is 0 Å². The van der Waals surface area contributed by atoms with Crippen LogP contribution in [0.2, 0.25) is 0 Å². The number of hydrogen-bond acceptors (Lipinski definition) is 5. The molecular weight excluding hydrogens is 352 g/mol. The number of nitrogens with zero attached hydrogens (tertiary/aromatic N) is 2. The second kappa shape index (κ2) is 7.86. The Kier molecular flexibility index (Phi) is 5.35. The number of carboxylic acids is 1. The minimum atomic E-state index is -0.952. The van der Waals surface area contributed by atoms with Crippen molar-refractivity contribution in [1.82, 2.24) is 4.90 Å². The third-order valence-corrected chi connectivity index (χ3v) is 4.43. The van der Waals surface area contributed by atoms with Gasteiger partial charge in [0.05, 0.1) is 16.4 Å². The van der Waals surface area contributed by atoms with E-state index in [0.29, 0.717) is 25.1 Å². The van der Waals surface area contributed by atoms with Gasteiger partial charge in [0.15, 0.2) is 0 Å². The molecule has 1 heterocycles. The van der Waals surface area contributed by atoms with E-state index in [9.17, 15) is 24.8 Å². The van der Waals surface area contributed by atoms with Gasteiger partial charge < -0.3 is 14.7 Å². The molecule has 0 unspecified atom stereocenters. The van der Waals surface area contributed by atoms with Crippen LogP contribution < -0.4 is 4.74 Å². The number of ether oxygens (including phenoxy) is 1. The fraction of sp³-hybridized carbons (Fsp3) is 0.263. The van der Waals surface area contributed by atoms with Gasteiger partial charge >= 0.3 is 5.97 Å². The summed E-state index contributed by atoms with van der Waals surface area (Å²) in [7, 11) is 0. The first-order valence-corrected chi connectivity index (χ1v) is 8.49. The molecular formula is C19H18N2O6. The van der Waals surface area contributed by atoms with Gasteiger partial charge in [-0.3, -0.25) is 19.7 Å². The quantitative estimate of drug-likeness (QED) is 0.638. The second-order valence-electron chi connectivity index (χ2n) is 6.28. The van der Waals surface area contributed by atoms with E-state index >= 15 is 0 Å². The van der Waals surface area contributed by atoms with Crippen LogP contribution in [0.1, 0.15) is 23.2 Å². The third kappa shape index (κ3) is 4.22. The summed E-state index contributed by atoms with van der Waals surface area (Å²) in [4.78, 5) is 36.2. The summed E-state index contributed by atoms with van der Waals surface area (Å²) in [6.45, 7) is 0.470. The van der Waals surface area contributed by atoms with Crippen molar-refractivity contribution >= 4 is 17.6 Å². The zero-order chi connectivity index (χ0) is 19.4. The molecule has 8 nitrogen and oxygen atoms in total. The van der Waals surface area contributed by atoms with E-state index in [0.717, 1.165) is 0 Å². The van der Waals surface area contributed by atoms with Crippen molar-refractivity contribution in [2.45, 2.75) is 12.8 Å². The number of carbonyl (C=O) groups is 2. The Balaban J connectivity index is 1.93. The van der Waals surface area contributed by atoms with Gasteiger partial charge in [0.1, 0.15) is 11.5 Å². The molecule has 1 saturated heterocycles. The van der Waals surface area contributed by atoms with Crippen molar-refractivity contribution < 1.29 is 24.4 Å². The minimum absolute atomic E-state index is 0.0408. The number of rotatable bonds is 5. The minimum Gasteiger partial charge on any atom is -0.481 e. The van der Waals surface area contributed by atoms with Gasteiger partial charge in [0, 0.05) is 25.2 Å². The second-order valence-corrected chi connectivity index (χ2v) is 6.28. The molecule has 1 atom stereocenters. The number of piperidine rings is 1. The van der Waals surface area contributed by atoms with Crippen LogP contribution in [0.25, 0.3) is 0 Å². The Labute approximate surface area is 155 Å². The van der Waals surface area contributed by atoms with Gasteiger partial charge in [-0.2, -0.15) is 0 Å². The standard InChI is InChI=1S/C19H18N2O6/c22-18(20-10-4-5-13(12-20)19(23)24)16-11-14(21(25)26)8-9-17(16)27-15-6-2-1-3-7-15/h1-3,6-9,11,13H,4-5,10,12H2,(H,23,24)/t13-/m0/s1. The monoisotopic (exact) mass is 370 g/mol. The van der Waals surface area contributed by atoms with Gasteiger partial charge in [-0.15, -0.1) is 0 Å². The summed E-state index contributed by atoms with van der Waals surface area (Å²) in [5.41, 5.74) is -0.190. The van der Waals surface area contributed by atoms with Crippen LogP contribution in [0, 0.1) is 16.0 Å². The molecule has 0 aromatic heterocycles. The number of hydrogen-bond donors (Lipinski definition) is 1. The summed E-state index contributed by atoms with van der Waals surface area (Å²) in [6.07, 6.45) is 1.06. The highest BCUT2D eigenvalue weighted by Crippen LogP contribution is 2.31. The molecule has 140 valence electrons. The van der Waals surface area contributed by atoms with Crippen LogP contribution in [-0.4, -0.2) is 39.9 Å². The van der Waals surface area contributed by atoms with E-state index in [1.54, 1.807) is 24.3 Å². The number of para-hydroxylation sites is 1. The maximum Gasteiger partial charge on any atom is 0.308 e. The smallest absolute Gasteiger partial charge is 0.308 e. The van der Waals surface area contributed by atoms with Crippen LogP contribution in [0.15, 0.2) is 48.5 Å². The number of likely N-dealkylation sites (tertiary alicyclic amines) is 1. The van der Waals surface area contributed by atoms with Gasteiger partial charge in [-0.05, 0) is 31.0 Å². The Morgan fingerprint density at radius 2 is 1.93 bits per heavy atom. The highest BCUT2D eigenvalue weighted by atomic mass is 16.6. The van der Waals surface area contributed by atoms with E-state index in [2.05, 4.69) is 0 Å². The van der Waals surface area contributed by atoms with E-state index in [4.69, 9.17) is 4.74 Å². The molecule has 2 aromatic carbocycles. The molecule has 1 fully saturated rings. The third-order valence-electron chi connectivity index (χ3n) is 4.43. The molecule has 8 heteroatoms. The van der Waals surface area contributed by atoms with Crippen molar-refractivity contribution in [2.24, 2.45) is 5.92 Å². The van der Waals surface area contributed by atoms with Crippen molar-refractivity contribution in [3.8, 4) is 11.5 Å². The molecule has 27 heavy (non-hydrogen) atoms. The van der Waals surface area contributed by atoms with Crippen molar-refractivity contribution in [2.75, 3.05) is 13.1 Å². The summed E-state index contributed by atoms with van der Waals surface area (Å²) in [6, 6.07) is 12.6. The first-order chi connectivity index (χ1) is 13.0. The van der Waals surface area contributed by atoms with Gasteiger partial charge in [0.25, 0.3) is 11.6 Å². The number of carbonyl (C=O) groups excluding carboxylic acids is 1. The highest BCUT2D eigenvalue weighted by molar-refractivity contribution is 5.98. The number of benzene rings is 2. The summed E-state index contributed by atoms with van der Waals surface area (Å²) in [5, 5.41) is 20.3. The Bertz CT molecular complexity index is 868. The van der Waals surface area contributed by atoms with Crippen LogP contribution in [-0.2, 0) is 4.79 Å². The lowest BCUT2D eigenvalue weighted by atomic mass is 9.97. The summed E-state index contributed by atoms with van der Waals surface area (Å²) < 4.78 is 5.74. The average molecular weight is 370 g/mol. The number of nitro benzene ring substituents is 1. The van der Waals surface area contributed by atoms with Crippen LogP contribution >= 0.6 is 0 Å². The summed E-state index contributed by atoms with van der Waals surface area (Å²) in [5.74, 6) is -1.39.